The van der Waals surface area contributed by atoms with Crippen molar-refractivity contribution in [3.63, 3.8) is 0 Å². The Bertz CT molecular complexity index is 748. The molecule has 1 fully saturated rings. The lowest BCUT2D eigenvalue weighted by Crippen LogP contribution is -2.28. The second kappa shape index (κ2) is 8.04. The van der Waals surface area contributed by atoms with E-state index in [0.29, 0.717) is 18.3 Å². The minimum Gasteiger partial charge on any atom is -0.378 e. The summed E-state index contributed by atoms with van der Waals surface area (Å²) in [6, 6.07) is 10.2. The maximum atomic E-state index is 12.8. The quantitative estimate of drug-likeness (QED) is 0.894. The van der Waals surface area contributed by atoms with Crippen molar-refractivity contribution in [3.8, 4) is 11.4 Å². The Hall–Kier alpha value is -2.14. The first kappa shape index (κ1) is 17.3. The summed E-state index contributed by atoms with van der Waals surface area (Å²) in [5.41, 5.74) is 2.78. The molecule has 1 N–H and O–H groups in total. The number of aromatic nitrogens is 2. The number of benzene rings is 1. The molecule has 0 spiro atoms. The average molecular weight is 353 g/mol. The third kappa shape index (κ3) is 3.68. The standard InChI is InChI=1S/C21H27N3O2/c25-21(22-13-12-17-10-7-15-26-17)19-18-11-5-2-6-14-24(18)20(23-19)16-8-3-1-4-9-16/h1,3-4,8-9,17H,2,5-7,10-15H2,(H,22,25). The van der Waals surface area contributed by atoms with Crippen LogP contribution < -0.4 is 5.32 Å². The summed E-state index contributed by atoms with van der Waals surface area (Å²) in [5, 5.41) is 3.07. The highest BCUT2D eigenvalue weighted by Gasteiger charge is 2.24. The topological polar surface area (TPSA) is 56.1 Å². The molecule has 138 valence electrons. The first-order valence-electron chi connectivity index (χ1n) is 9.87. The molecule has 1 aromatic heterocycles. The van der Waals surface area contributed by atoms with Crippen LogP contribution in [0.4, 0.5) is 0 Å². The van der Waals surface area contributed by atoms with E-state index >= 15 is 0 Å². The molecular weight excluding hydrogens is 326 g/mol. The monoisotopic (exact) mass is 353 g/mol. The number of hydrogen-bond donors (Lipinski definition) is 1. The predicted molar refractivity (Wildman–Crippen MR) is 101 cm³/mol. The van der Waals surface area contributed by atoms with Gasteiger partial charge in [0.15, 0.2) is 0 Å². The Labute approximate surface area is 154 Å². The highest BCUT2D eigenvalue weighted by molar-refractivity contribution is 5.94. The zero-order valence-corrected chi connectivity index (χ0v) is 15.2. The molecule has 2 aliphatic rings. The van der Waals surface area contributed by atoms with Gasteiger partial charge in [-0.05, 0) is 38.5 Å². The number of rotatable bonds is 5. The van der Waals surface area contributed by atoms with Crippen LogP contribution in [0, 0.1) is 0 Å². The molecule has 2 aliphatic heterocycles. The summed E-state index contributed by atoms with van der Waals surface area (Å²) in [6.45, 7) is 2.44. The highest BCUT2D eigenvalue weighted by atomic mass is 16.5. The van der Waals surface area contributed by atoms with Gasteiger partial charge in [0.1, 0.15) is 11.5 Å². The first-order chi connectivity index (χ1) is 12.8. The normalized spacial score (nSPS) is 19.8. The van der Waals surface area contributed by atoms with Gasteiger partial charge in [0.25, 0.3) is 5.91 Å². The van der Waals surface area contributed by atoms with E-state index in [1.807, 2.05) is 18.2 Å². The van der Waals surface area contributed by atoms with Crippen LogP contribution in [0.15, 0.2) is 30.3 Å². The van der Waals surface area contributed by atoms with Crippen molar-refractivity contribution in [1.29, 1.82) is 0 Å². The van der Waals surface area contributed by atoms with Gasteiger partial charge in [-0.3, -0.25) is 4.79 Å². The Morgan fingerprint density at radius 2 is 2.08 bits per heavy atom. The van der Waals surface area contributed by atoms with E-state index in [4.69, 9.17) is 9.72 Å². The van der Waals surface area contributed by atoms with Crippen LogP contribution in [0.2, 0.25) is 0 Å². The van der Waals surface area contributed by atoms with Crippen LogP contribution in [0.25, 0.3) is 11.4 Å². The molecule has 1 saturated heterocycles. The number of fused-ring (bicyclic) bond motifs is 1. The highest BCUT2D eigenvalue weighted by Crippen LogP contribution is 2.27. The average Bonchev–Trinajstić information content (AvgIpc) is 3.24. The van der Waals surface area contributed by atoms with Crippen LogP contribution in [0.5, 0.6) is 0 Å². The fraction of sp³-hybridized carbons (Fsp3) is 0.524. The maximum Gasteiger partial charge on any atom is 0.271 e. The molecule has 0 bridgehead atoms. The van der Waals surface area contributed by atoms with Gasteiger partial charge in [0.2, 0.25) is 0 Å². The Kier molecular flexibility index (Phi) is 5.34. The molecule has 5 nitrogen and oxygen atoms in total. The van der Waals surface area contributed by atoms with Crippen LogP contribution in [0.1, 0.15) is 54.7 Å². The van der Waals surface area contributed by atoms with Crippen LogP contribution in [-0.2, 0) is 17.7 Å². The number of carbonyl (C=O) groups excluding carboxylic acids is 1. The molecule has 26 heavy (non-hydrogen) atoms. The number of hydrogen-bond acceptors (Lipinski definition) is 3. The predicted octanol–water partition coefficient (Wildman–Crippen LogP) is 3.58. The van der Waals surface area contributed by atoms with Crippen molar-refractivity contribution in [2.75, 3.05) is 13.2 Å². The SMILES string of the molecule is O=C(NCCC1CCCO1)c1nc(-c2ccccc2)n2c1CCCCC2. The number of amides is 1. The van der Waals surface area contributed by atoms with Crippen molar-refractivity contribution in [2.45, 2.75) is 57.6 Å². The molecule has 0 saturated carbocycles. The van der Waals surface area contributed by atoms with E-state index in [0.717, 1.165) is 68.8 Å². The first-order valence-corrected chi connectivity index (χ1v) is 9.87. The zero-order chi connectivity index (χ0) is 17.8. The number of ether oxygens (including phenoxy) is 1. The smallest absolute Gasteiger partial charge is 0.271 e. The summed E-state index contributed by atoms with van der Waals surface area (Å²) in [6.07, 6.45) is 7.81. The minimum atomic E-state index is -0.0455. The lowest BCUT2D eigenvalue weighted by molar-refractivity contribution is 0.0902. The van der Waals surface area contributed by atoms with Gasteiger partial charge >= 0.3 is 0 Å². The van der Waals surface area contributed by atoms with Crippen molar-refractivity contribution in [3.05, 3.63) is 41.7 Å². The maximum absolute atomic E-state index is 12.8. The molecule has 4 rings (SSSR count). The third-order valence-electron chi connectivity index (χ3n) is 5.39. The van der Waals surface area contributed by atoms with Crippen LogP contribution >= 0.6 is 0 Å². The molecule has 1 aromatic carbocycles. The molecule has 1 amide bonds. The number of nitrogens with zero attached hydrogens (tertiary/aromatic N) is 2. The lowest BCUT2D eigenvalue weighted by atomic mass is 10.1. The van der Waals surface area contributed by atoms with Gasteiger partial charge in [-0.25, -0.2) is 4.98 Å². The molecular formula is C21H27N3O2. The van der Waals surface area contributed by atoms with Crippen molar-refractivity contribution < 1.29 is 9.53 Å². The van der Waals surface area contributed by atoms with Crippen molar-refractivity contribution in [2.24, 2.45) is 0 Å². The summed E-state index contributed by atoms with van der Waals surface area (Å²) in [4.78, 5) is 17.6. The van der Waals surface area contributed by atoms with Crippen molar-refractivity contribution >= 4 is 5.91 Å². The molecule has 3 heterocycles. The Morgan fingerprint density at radius 3 is 2.88 bits per heavy atom. The lowest BCUT2D eigenvalue weighted by Gasteiger charge is -2.10. The molecule has 1 unspecified atom stereocenters. The second-order valence-corrected chi connectivity index (χ2v) is 7.24. The molecule has 5 heteroatoms. The molecule has 0 radical (unpaired) electrons. The summed E-state index contributed by atoms with van der Waals surface area (Å²) in [7, 11) is 0. The fourth-order valence-electron chi connectivity index (χ4n) is 4.01. The van der Waals surface area contributed by atoms with Gasteiger partial charge in [-0.2, -0.15) is 0 Å². The molecule has 0 aliphatic carbocycles. The number of carbonyl (C=O) groups is 1. The van der Waals surface area contributed by atoms with Gasteiger partial charge in [0.05, 0.1) is 11.8 Å². The van der Waals surface area contributed by atoms with Gasteiger partial charge in [-0.1, -0.05) is 36.8 Å². The second-order valence-electron chi connectivity index (χ2n) is 7.24. The fourth-order valence-corrected chi connectivity index (χ4v) is 4.01. The molecule has 1 atom stereocenters. The van der Waals surface area contributed by atoms with E-state index in [2.05, 4.69) is 22.0 Å². The van der Waals surface area contributed by atoms with Crippen LogP contribution in [-0.4, -0.2) is 34.7 Å². The van der Waals surface area contributed by atoms with E-state index in [-0.39, 0.29) is 5.91 Å². The summed E-state index contributed by atoms with van der Waals surface area (Å²) in [5.74, 6) is 0.877. The summed E-state index contributed by atoms with van der Waals surface area (Å²) < 4.78 is 7.90. The number of nitrogens with one attached hydrogen (secondary N) is 1. The summed E-state index contributed by atoms with van der Waals surface area (Å²) >= 11 is 0. The zero-order valence-electron chi connectivity index (χ0n) is 15.2. The number of imidazole rings is 1. The van der Waals surface area contributed by atoms with Gasteiger partial charge in [-0.15, -0.1) is 0 Å². The minimum absolute atomic E-state index is 0.0455. The van der Waals surface area contributed by atoms with E-state index in [1.165, 1.54) is 6.42 Å². The van der Waals surface area contributed by atoms with E-state index in [1.54, 1.807) is 0 Å². The van der Waals surface area contributed by atoms with Gasteiger partial charge in [0, 0.05) is 25.3 Å². The van der Waals surface area contributed by atoms with Crippen molar-refractivity contribution in [1.82, 2.24) is 14.9 Å². The van der Waals surface area contributed by atoms with Crippen LogP contribution in [0.3, 0.4) is 0 Å². The van der Waals surface area contributed by atoms with E-state index < -0.39 is 0 Å². The largest absolute Gasteiger partial charge is 0.378 e. The van der Waals surface area contributed by atoms with E-state index in [9.17, 15) is 4.79 Å². The Morgan fingerprint density at radius 1 is 1.19 bits per heavy atom. The van der Waals surface area contributed by atoms with Gasteiger partial charge < -0.3 is 14.6 Å². The molecule has 2 aromatic rings. The Balaban J connectivity index is 1.54. The third-order valence-corrected chi connectivity index (χ3v) is 5.39.